The normalized spacial score (nSPS) is 12.8. The van der Waals surface area contributed by atoms with Crippen molar-refractivity contribution in [3.63, 3.8) is 0 Å². The Bertz CT molecular complexity index is 790. The number of hydrogen-bond donors (Lipinski definition) is 1. The number of rotatable bonds is 4. The van der Waals surface area contributed by atoms with Crippen molar-refractivity contribution in [1.82, 2.24) is 9.78 Å². The SMILES string of the molecule is Cc1ccc(CNc2c(C#N)c(Br)nn2[C@@H](C)C(F)(F)F)cc1C. The summed E-state index contributed by atoms with van der Waals surface area (Å²) in [6, 6.07) is 5.83. The van der Waals surface area contributed by atoms with Gasteiger partial charge in [-0.1, -0.05) is 18.2 Å². The first-order chi connectivity index (χ1) is 11.1. The molecule has 0 amide bonds. The minimum Gasteiger partial charge on any atom is -0.365 e. The fourth-order valence-corrected chi connectivity index (χ4v) is 2.64. The molecule has 0 fully saturated rings. The molecule has 0 saturated heterocycles. The molecular formula is C16H16BrF3N4. The molecule has 2 rings (SSSR count). The summed E-state index contributed by atoms with van der Waals surface area (Å²) in [5.41, 5.74) is 3.18. The van der Waals surface area contributed by atoms with Crippen molar-refractivity contribution in [3.05, 3.63) is 45.1 Å². The van der Waals surface area contributed by atoms with Crippen molar-refractivity contribution >= 4 is 21.7 Å². The average Bonchev–Trinajstić information content (AvgIpc) is 2.82. The van der Waals surface area contributed by atoms with E-state index in [0.717, 1.165) is 28.3 Å². The average molecular weight is 401 g/mol. The molecule has 0 aliphatic rings. The highest BCUT2D eigenvalue weighted by Gasteiger charge is 2.40. The number of nitrogens with one attached hydrogen (secondary N) is 1. The Morgan fingerprint density at radius 2 is 2.00 bits per heavy atom. The maximum absolute atomic E-state index is 13.0. The van der Waals surface area contributed by atoms with E-state index in [4.69, 9.17) is 0 Å². The van der Waals surface area contributed by atoms with Crippen LogP contribution in [-0.4, -0.2) is 16.0 Å². The Hall–Kier alpha value is -2.01. The summed E-state index contributed by atoms with van der Waals surface area (Å²) in [6.07, 6.45) is -4.46. The van der Waals surface area contributed by atoms with Crippen LogP contribution in [0, 0.1) is 25.2 Å². The number of hydrogen-bond acceptors (Lipinski definition) is 3. The van der Waals surface area contributed by atoms with Crippen LogP contribution in [0.4, 0.5) is 19.0 Å². The summed E-state index contributed by atoms with van der Waals surface area (Å²) < 4.78 is 40.0. The minimum atomic E-state index is -4.46. The van der Waals surface area contributed by atoms with Crippen LogP contribution in [0.2, 0.25) is 0 Å². The lowest BCUT2D eigenvalue weighted by Crippen LogP contribution is -2.26. The fourth-order valence-electron chi connectivity index (χ4n) is 2.19. The van der Waals surface area contributed by atoms with Crippen LogP contribution in [0.5, 0.6) is 0 Å². The van der Waals surface area contributed by atoms with Crippen LogP contribution in [0.25, 0.3) is 0 Å². The molecule has 0 aliphatic heterocycles. The number of alkyl halides is 3. The monoisotopic (exact) mass is 400 g/mol. The van der Waals surface area contributed by atoms with Gasteiger partial charge in [-0.2, -0.15) is 23.5 Å². The molecule has 0 spiro atoms. The summed E-state index contributed by atoms with van der Waals surface area (Å²) in [7, 11) is 0. The second-order valence-corrected chi connectivity index (χ2v) is 6.31. The minimum absolute atomic E-state index is 0.0485. The topological polar surface area (TPSA) is 53.6 Å². The van der Waals surface area contributed by atoms with E-state index in [9.17, 15) is 18.4 Å². The molecule has 0 saturated carbocycles. The number of halogens is 4. The molecule has 1 heterocycles. The lowest BCUT2D eigenvalue weighted by Gasteiger charge is -2.19. The molecule has 0 aliphatic carbocycles. The van der Waals surface area contributed by atoms with E-state index >= 15 is 0 Å². The Labute approximate surface area is 146 Å². The maximum atomic E-state index is 13.0. The Balaban J connectivity index is 2.34. The highest BCUT2D eigenvalue weighted by Crippen LogP contribution is 2.35. The highest BCUT2D eigenvalue weighted by molar-refractivity contribution is 9.10. The van der Waals surface area contributed by atoms with Crippen molar-refractivity contribution in [3.8, 4) is 6.07 Å². The largest absolute Gasteiger partial charge is 0.410 e. The van der Waals surface area contributed by atoms with Crippen molar-refractivity contribution < 1.29 is 13.2 Å². The molecule has 128 valence electrons. The first-order valence-corrected chi connectivity index (χ1v) is 7.99. The third kappa shape index (κ3) is 3.73. The third-order valence-electron chi connectivity index (χ3n) is 3.85. The second-order valence-electron chi connectivity index (χ2n) is 5.56. The van der Waals surface area contributed by atoms with Gasteiger partial charge in [-0.15, -0.1) is 0 Å². The summed E-state index contributed by atoms with van der Waals surface area (Å²) >= 11 is 3.05. The first-order valence-electron chi connectivity index (χ1n) is 7.20. The van der Waals surface area contributed by atoms with Crippen LogP contribution in [0.15, 0.2) is 22.8 Å². The quantitative estimate of drug-likeness (QED) is 0.796. The second kappa shape index (κ2) is 6.85. The van der Waals surface area contributed by atoms with Gasteiger partial charge in [0.1, 0.15) is 28.1 Å². The van der Waals surface area contributed by atoms with E-state index in [0.29, 0.717) is 6.54 Å². The highest BCUT2D eigenvalue weighted by atomic mass is 79.9. The van der Waals surface area contributed by atoms with Crippen molar-refractivity contribution in [2.45, 2.75) is 39.5 Å². The van der Waals surface area contributed by atoms with E-state index in [2.05, 4.69) is 26.3 Å². The summed E-state index contributed by atoms with van der Waals surface area (Å²) in [6.45, 7) is 5.24. The van der Waals surface area contributed by atoms with Gasteiger partial charge in [0.15, 0.2) is 0 Å². The molecule has 1 atom stereocenters. The lowest BCUT2D eigenvalue weighted by molar-refractivity contribution is -0.164. The van der Waals surface area contributed by atoms with Crippen LogP contribution in [-0.2, 0) is 6.54 Å². The summed E-state index contributed by atoms with van der Waals surface area (Å²) in [5, 5.41) is 16.0. The number of nitrogens with zero attached hydrogens (tertiary/aromatic N) is 3. The molecule has 0 radical (unpaired) electrons. The molecule has 4 nitrogen and oxygen atoms in total. The molecule has 8 heteroatoms. The molecule has 0 bridgehead atoms. The van der Waals surface area contributed by atoms with E-state index in [1.54, 1.807) is 0 Å². The first kappa shape index (κ1) is 18.3. The molecule has 24 heavy (non-hydrogen) atoms. The molecule has 1 aromatic heterocycles. The van der Waals surface area contributed by atoms with Crippen molar-refractivity contribution in [1.29, 1.82) is 5.26 Å². The van der Waals surface area contributed by atoms with Crippen molar-refractivity contribution in [2.24, 2.45) is 0 Å². The standard InChI is InChI=1S/C16H16BrF3N4/c1-9-4-5-12(6-10(9)2)8-22-15-13(7-21)14(17)23-24(15)11(3)16(18,19)20/h4-6,11,22H,8H2,1-3H3/t11-/m0/s1. The van der Waals surface area contributed by atoms with Gasteiger partial charge in [-0.3, -0.25) is 0 Å². The Morgan fingerprint density at radius 3 is 2.54 bits per heavy atom. The van der Waals surface area contributed by atoms with Crippen LogP contribution < -0.4 is 5.32 Å². The van der Waals surface area contributed by atoms with Crippen LogP contribution in [0.1, 0.15) is 35.2 Å². The van der Waals surface area contributed by atoms with E-state index in [1.165, 1.54) is 0 Å². The molecule has 2 aromatic rings. The van der Waals surface area contributed by atoms with E-state index in [1.807, 2.05) is 38.1 Å². The lowest BCUT2D eigenvalue weighted by atomic mass is 10.1. The van der Waals surface area contributed by atoms with Crippen LogP contribution in [0.3, 0.4) is 0 Å². The van der Waals surface area contributed by atoms with Gasteiger partial charge >= 0.3 is 6.18 Å². The van der Waals surface area contributed by atoms with Gasteiger partial charge in [0.05, 0.1) is 0 Å². The zero-order valence-electron chi connectivity index (χ0n) is 13.4. The van der Waals surface area contributed by atoms with Crippen molar-refractivity contribution in [2.75, 3.05) is 5.32 Å². The van der Waals surface area contributed by atoms with Gasteiger partial charge in [0.25, 0.3) is 0 Å². The Kier molecular flexibility index (Phi) is 5.23. The fraction of sp³-hybridized carbons (Fsp3) is 0.375. The summed E-state index contributed by atoms with van der Waals surface area (Å²) in [4.78, 5) is 0. The number of benzene rings is 1. The Morgan fingerprint density at radius 1 is 1.33 bits per heavy atom. The van der Waals surface area contributed by atoms with Gasteiger partial charge in [0, 0.05) is 6.54 Å². The molecule has 1 aromatic carbocycles. The molecular weight excluding hydrogens is 385 g/mol. The number of anilines is 1. The zero-order chi connectivity index (χ0) is 18.1. The predicted octanol–water partition coefficient (Wildman–Crippen LogP) is 4.87. The zero-order valence-corrected chi connectivity index (χ0v) is 15.0. The van der Waals surface area contributed by atoms with Gasteiger partial charge in [-0.05, 0) is 53.4 Å². The van der Waals surface area contributed by atoms with Gasteiger partial charge < -0.3 is 5.32 Å². The predicted molar refractivity (Wildman–Crippen MR) is 88.7 cm³/mol. The summed E-state index contributed by atoms with van der Waals surface area (Å²) in [5.74, 6) is 0.0485. The van der Waals surface area contributed by atoms with Gasteiger partial charge in [-0.25, -0.2) is 4.68 Å². The van der Waals surface area contributed by atoms with E-state index in [-0.39, 0.29) is 16.0 Å². The third-order valence-corrected chi connectivity index (χ3v) is 4.41. The molecule has 1 N–H and O–H groups in total. The molecule has 0 unspecified atom stereocenters. The number of aromatic nitrogens is 2. The van der Waals surface area contributed by atoms with Crippen LogP contribution >= 0.6 is 15.9 Å². The van der Waals surface area contributed by atoms with Gasteiger partial charge in [0.2, 0.25) is 0 Å². The maximum Gasteiger partial charge on any atom is 0.410 e. The number of aryl methyl sites for hydroxylation is 2. The smallest absolute Gasteiger partial charge is 0.365 e. The number of nitriles is 1. The van der Waals surface area contributed by atoms with E-state index < -0.39 is 12.2 Å².